The Kier molecular flexibility index (Phi) is 5.53. The molecule has 0 saturated heterocycles. The van der Waals surface area contributed by atoms with E-state index in [9.17, 15) is 5.11 Å². The van der Waals surface area contributed by atoms with Crippen LogP contribution in [0.25, 0.3) is 10.8 Å². The van der Waals surface area contributed by atoms with Crippen molar-refractivity contribution in [3.63, 3.8) is 0 Å². The van der Waals surface area contributed by atoms with Crippen molar-refractivity contribution in [3.05, 3.63) is 48.0 Å². The molecule has 0 bridgehead atoms. The molecule has 0 amide bonds. The topological polar surface area (TPSA) is 41.5 Å². The van der Waals surface area contributed by atoms with E-state index < -0.39 is 6.10 Å². The molecule has 0 aliphatic rings. The summed E-state index contributed by atoms with van der Waals surface area (Å²) < 4.78 is 4.92. The number of hydrogen-bond donors (Lipinski definition) is 2. The van der Waals surface area contributed by atoms with E-state index >= 15 is 0 Å². The molecule has 2 unspecified atom stereocenters. The van der Waals surface area contributed by atoms with Crippen molar-refractivity contribution in [3.8, 4) is 0 Å². The number of rotatable bonds is 7. The minimum Gasteiger partial charge on any atom is -0.391 e. The Labute approximate surface area is 120 Å². The Bertz CT molecular complexity index is 541. The second kappa shape index (κ2) is 7.39. The first-order valence-electron chi connectivity index (χ1n) is 7.10. The van der Waals surface area contributed by atoms with E-state index in [0.29, 0.717) is 13.0 Å². The first-order chi connectivity index (χ1) is 9.70. The van der Waals surface area contributed by atoms with Gasteiger partial charge in [-0.2, -0.15) is 0 Å². The van der Waals surface area contributed by atoms with Gasteiger partial charge in [0.25, 0.3) is 0 Å². The van der Waals surface area contributed by atoms with Gasteiger partial charge in [-0.05, 0) is 42.3 Å². The average Bonchev–Trinajstić information content (AvgIpc) is 2.47. The SMILES string of the molecule is COCC(O)CCNC(C)c1ccc2ccccc2c1. The summed E-state index contributed by atoms with van der Waals surface area (Å²) in [6.45, 7) is 3.32. The normalized spacial score (nSPS) is 14.3. The van der Waals surface area contributed by atoms with Crippen molar-refractivity contribution >= 4 is 10.8 Å². The van der Waals surface area contributed by atoms with Crippen molar-refractivity contribution in [1.82, 2.24) is 5.32 Å². The zero-order valence-corrected chi connectivity index (χ0v) is 12.2. The summed E-state index contributed by atoms with van der Waals surface area (Å²) >= 11 is 0. The molecule has 2 aromatic carbocycles. The molecule has 2 N–H and O–H groups in total. The Hall–Kier alpha value is -1.42. The standard InChI is InChI=1S/C17H23NO2/c1-13(18-10-9-17(19)12-20-2)15-8-7-14-5-3-4-6-16(14)11-15/h3-8,11,13,17-19H,9-10,12H2,1-2H3. The Morgan fingerprint density at radius 2 is 1.90 bits per heavy atom. The molecule has 108 valence electrons. The lowest BCUT2D eigenvalue weighted by molar-refractivity contribution is 0.0590. The third-order valence-electron chi connectivity index (χ3n) is 3.56. The van der Waals surface area contributed by atoms with Crippen molar-refractivity contribution in [1.29, 1.82) is 0 Å². The molecule has 0 aliphatic carbocycles. The van der Waals surface area contributed by atoms with E-state index in [0.717, 1.165) is 6.54 Å². The van der Waals surface area contributed by atoms with Crippen LogP contribution in [0.15, 0.2) is 42.5 Å². The highest BCUT2D eigenvalue weighted by molar-refractivity contribution is 5.83. The van der Waals surface area contributed by atoms with Crippen LogP contribution in [0.5, 0.6) is 0 Å². The zero-order valence-electron chi connectivity index (χ0n) is 12.2. The van der Waals surface area contributed by atoms with Gasteiger partial charge in [0.15, 0.2) is 0 Å². The van der Waals surface area contributed by atoms with Gasteiger partial charge >= 0.3 is 0 Å². The molecular formula is C17H23NO2. The second-order valence-corrected chi connectivity index (χ2v) is 5.18. The van der Waals surface area contributed by atoms with E-state index in [-0.39, 0.29) is 6.04 Å². The Balaban J connectivity index is 1.92. The molecule has 20 heavy (non-hydrogen) atoms. The van der Waals surface area contributed by atoms with Crippen LogP contribution in [0.4, 0.5) is 0 Å². The quantitative estimate of drug-likeness (QED) is 0.815. The van der Waals surface area contributed by atoms with Crippen LogP contribution < -0.4 is 5.32 Å². The predicted octanol–water partition coefficient (Wildman–Crippen LogP) is 2.89. The van der Waals surface area contributed by atoms with Crippen molar-refractivity contribution in [2.24, 2.45) is 0 Å². The zero-order chi connectivity index (χ0) is 14.4. The number of methoxy groups -OCH3 is 1. The van der Waals surface area contributed by atoms with Gasteiger partial charge in [-0.3, -0.25) is 0 Å². The molecule has 0 heterocycles. The van der Waals surface area contributed by atoms with Crippen LogP contribution in [0.2, 0.25) is 0 Å². The van der Waals surface area contributed by atoms with Gasteiger partial charge in [-0.1, -0.05) is 36.4 Å². The van der Waals surface area contributed by atoms with Gasteiger partial charge in [0.1, 0.15) is 0 Å². The number of ether oxygens (including phenoxy) is 1. The minimum atomic E-state index is -0.392. The van der Waals surface area contributed by atoms with Gasteiger partial charge in [0.2, 0.25) is 0 Å². The van der Waals surface area contributed by atoms with Gasteiger partial charge in [-0.25, -0.2) is 0 Å². The molecular weight excluding hydrogens is 250 g/mol. The lowest BCUT2D eigenvalue weighted by Crippen LogP contribution is -2.25. The summed E-state index contributed by atoms with van der Waals surface area (Å²) in [5.74, 6) is 0. The largest absolute Gasteiger partial charge is 0.391 e. The lowest BCUT2D eigenvalue weighted by atomic mass is 10.0. The monoisotopic (exact) mass is 273 g/mol. The maximum atomic E-state index is 9.61. The smallest absolute Gasteiger partial charge is 0.0785 e. The summed E-state index contributed by atoms with van der Waals surface area (Å²) in [5, 5.41) is 15.6. The van der Waals surface area contributed by atoms with Crippen LogP contribution in [0, 0.1) is 0 Å². The summed E-state index contributed by atoms with van der Waals surface area (Å²) in [7, 11) is 1.61. The maximum absolute atomic E-state index is 9.61. The van der Waals surface area contributed by atoms with Crippen LogP contribution in [0.3, 0.4) is 0 Å². The minimum absolute atomic E-state index is 0.273. The number of benzene rings is 2. The molecule has 2 aromatic rings. The van der Waals surface area contributed by atoms with Crippen molar-refractivity contribution in [2.75, 3.05) is 20.3 Å². The highest BCUT2D eigenvalue weighted by Crippen LogP contribution is 2.20. The molecule has 3 heteroatoms. The second-order valence-electron chi connectivity index (χ2n) is 5.18. The molecule has 2 rings (SSSR count). The Morgan fingerprint density at radius 1 is 1.15 bits per heavy atom. The molecule has 0 spiro atoms. The third-order valence-corrected chi connectivity index (χ3v) is 3.56. The van der Waals surface area contributed by atoms with Crippen LogP contribution in [-0.4, -0.2) is 31.5 Å². The van der Waals surface area contributed by atoms with Gasteiger partial charge < -0.3 is 15.2 Å². The van der Waals surface area contributed by atoms with Gasteiger partial charge in [-0.15, -0.1) is 0 Å². The fourth-order valence-electron chi connectivity index (χ4n) is 2.34. The maximum Gasteiger partial charge on any atom is 0.0785 e. The summed E-state index contributed by atoms with van der Waals surface area (Å²) in [4.78, 5) is 0. The molecule has 3 nitrogen and oxygen atoms in total. The fraction of sp³-hybridized carbons (Fsp3) is 0.412. The molecule has 0 fully saturated rings. The van der Waals surface area contributed by atoms with Gasteiger partial charge in [0, 0.05) is 13.2 Å². The highest BCUT2D eigenvalue weighted by atomic mass is 16.5. The Morgan fingerprint density at radius 3 is 2.65 bits per heavy atom. The van der Waals surface area contributed by atoms with Crippen molar-refractivity contribution in [2.45, 2.75) is 25.5 Å². The van der Waals surface area contributed by atoms with E-state index in [1.807, 2.05) is 0 Å². The average molecular weight is 273 g/mol. The van der Waals surface area contributed by atoms with Crippen LogP contribution in [0.1, 0.15) is 24.9 Å². The number of fused-ring (bicyclic) bond motifs is 1. The van der Waals surface area contributed by atoms with E-state index in [2.05, 4.69) is 54.7 Å². The van der Waals surface area contributed by atoms with E-state index in [1.165, 1.54) is 16.3 Å². The van der Waals surface area contributed by atoms with Gasteiger partial charge in [0.05, 0.1) is 12.7 Å². The number of hydrogen-bond acceptors (Lipinski definition) is 3. The van der Waals surface area contributed by atoms with Crippen LogP contribution in [-0.2, 0) is 4.74 Å². The molecule has 0 aliphatic heterocycles. The van der Waals surface area contributed by atoms with Crippen molar-refractivity contribution < 1.29 is 9.84 Å². The molecule has 0 saturated carbocycles. The summed E-state index contributed by atoms with van der Waals surface area (Å²) in [6.07, 6.45) is 0.308. The lowest BCUT2D eigenvalue weighted by Gasteiger charge is -2.16. The molecule has 2 atom stereocenters. The number of aliphatic hydroxyl groups excluding tert-OH is 1. The summed E-state index contributed by atoms with van der Waals surface area (Å²) in [6, 6.07) is 15.2. The first kappa shape index (κ1) is 15.0. The number of aliphatic hydroxyl groups is 1. The molecule has 0 radical (unpaired) electrons. The fourth-order valence-corrected chi connectivity index (χ4v) is 2.34. The third kappa shape index (κ3) is 4.04. The first-order valence-corrected chi connectivity index (χ1v) is 7.10. The summed E-state index contributed by atoms with van der Waals surface area (Å²) in [5.41, 5.74) is 1.27. The van der Waals surface area contributed by atoms with E-state index in [1.54, 1.807) is 7.11 Å². The van der Waals surface area contributed by atoms with Crippen LogP contribution >= 0.6 is 0 Å². The highest BCUT2D eigenvalue weighted by Gasteiger charge is 2.07. The van der Waals surface area contributed by atoms with E-state index in [4.69, 9.17) is 4.74 Å². The number of nitrogens with one attached hydrogen (secondary N) is 1. The predicted molar refractivity (Wildman–Crippen MR) is 82.9 cm³/mol. The molecule has 0 aromatic heterocycles.